The fourth-order valence-corrected chi connectivity index (χ4v) is 1.59. The molecule has 2 rings (SSSR count). The second-order valence-electron chi connectivity index (χ2n) is 3.65. The molecule has 2 aromatic rings. The number of aromatic amines is 1. The second-order valence-corrected chi connectivity index (χ2v) is 3.65. The molecule has 0 fully saturated rings. The Morgan fingerprint density at radius 1 is 1.31 bits per heavy atom. The topological polar surface area (TPSA) is 76.8 Å². The Balaban J connectivity index is 2.16. The molecule has 2 aromatic heterocycles. The Bertz CT molecular complexity index is 466. The van der Waals surface area contributed by atoms with Gasteiger partial charge in [0.25, 0.3) is 0 Å². The molecule has 5 nitrogen and oxygen atoms in total. The number of imidazole rings is 1. The molecule has 86 valence electrons. The lowest BCUT2D eigenvalue weighted by Gasteiger charge is -1.95. The van der Waals surface area contributed by atoms with Crippen molar-refractivity contribution in [3.05, 3.63) is 18.0 Å². The number of nitrogens with two attached hydrogens (primary N) is 1. The maximum atomic E-state index is 5.45. The third kappa shape index (κ3) is 2.30. The summed E-state index contributed by atoms with van der Waals surface area (Å²) < 4.78 is 5.05. The van der Waals surface area contributed by atoms with Crippen LogP contribution in [0.1, 0.15) is 18.7 Å². The van der Waals surface area contributed by atoms with Crippen molar-refractivity contribution in [1.29, 1.82) is 0 Å². The average molecular weight is 220 g/mol. The quantitative estimate of drug-likeness (QED) is 0.743. The molecule has 0 aliphatic carbocycles. The van der Waals surface area contributed by atoms with Gasteiger partial charge in [-0.05, 0) is 25.5 Å². The number of nitrogens with one attached hydrogen (secondary N) is 1. The van der Waals surface area contributed by atoms with Crippen molar-refractivity contribution < 1.29 is 4.74 Å². The van der Waals surface area contributed by atoms with E-state index in [1.807, 2.05) is 12.1 Å². The van der Waals surface area contributed by atoms with Gasteiger partial charge >= 0.3 is 0 Å². The first-order valence-electron chi connectivity index (χ1n) is 5.43. The molecular weight excluding hydrogens is 204 g/mol. The fourth-order valence-electron chi connectivity index (χ4n) is 1.59. The summed E-state index contributed by atoms with van der Waals surface area (Å²) in [4.78, 5) is 11.9. The van der Waals surface area contributed by atoms with Crippen molar-refractivity contribution in [3.8, 4) is 5.88 Å². The summed E-state index contributed by atoms with van der Waals surface area (Å²) >= 11 is 0. The van der Waals surface area contributed by atoms with Crippen LogP contribution >= 0.6 is 0 Å². The van der Waals surface area contributed by atoms with Crippen LogP contribution in [0.5, 0.6) is 5.88 Å². The molecule has 2 heterocycles. The molecule has 16 heavy (non-hydrogen) atoms. The highest BCUT2D eigenvalue weighted by atomic mass is 16.5. The van der Waals surface area contributed by atoms with Gasteiger partial charge in [0.15, 0.2) is 5.65 Å². The summed E-state index contributed by atoms with van der Waals surface area (Å²) in [6, 6.07) is 3.75. The van der Waals surface area contributed by atoms with E-state index in [-0.39, 0.29) is 0 Å². The van der Waals surface area contributed by atoms with E-state index in [0.29, 0.717) is 11.5 Å². The first-order valence-corrected chi connectivity index (χ1v) is 5.43. The van der Waals surface area contributed by atoms with Crippen molar-refractivity contribution in [2.45, 2.75) is 19.3 Å². The number of nitrogens with zero attached hydrogens (tertiary/aromatic N) is 2. The van der Waals surface area contributed by atoms with E-state index in [0.717, 1.165) is 37.1 Å². The fraction of sp³-hybridized carbons (Fsp3) is 0.455. The SMILES string of the molecule is COc1ccc2[nH]c(CCCCN)nc2n1. The van der Waals surface area contributed by atoms with E-state index in [1.165, 1.54) is 0 Å². The molecule has 0 saturated heterocycles. The molecule has 0 amide bonds. The Kier molecular flexibility index (Phi) is 3.36. The van der Waals surface area contributed by atoms with E-state index in [9.17, 15) is 0 Å². The van der Waals surface area contributed by atoms with Crippen LogP contribution < -0.4 is 10.5 Å². The normalized spacial score (nSPS) is 10.9. The summed E-state index contributed by atoms with van der Waals surface area (Å²) in [6.45, 7) is 0.728. The molecule has 0 atom stereocenters. The zero-order valence-electron chi connectivity index (χ0n) is 9.36. The van der Waals surface area contributed by atoms with Gasteiger partial charge in [0.1, 0.15) is 5.82 Å². The highest BCUT2D eigenvalue weighted by molar-refractivity contribution is 5.71. The monoisotopic (exact) mass is 220 g/mol. The van der Waals surface area contributed by atoms with Crippen LogP contribution in [-0.2, 0) is 6.42 Å². The van der Waals surface area contributed by atoms with Crippen LogP contribution in [0.2, 0.25) is 0 Å². The molecule has 0 aliphatic rings. The van der Waals surface area contributed by atoms with Crippen molar-refractivity contribution in [3.63, 3.8) is 0 Å². The van der Waals surface area contributed by atoms with Crippen LogP contribution in [0.4, 0.5) is 0 Å². The number of methoxy groups -OCH3 is 1. The Labute approximate surface area is 94.0 Å². The van der Waals surface area contributed by atoms with Gasteiger partial charge in [-0.1, -0.05) is 0 Å². The second kappa shape index (κ2) is 4.94. The van der Waals surface area contributed by atoms with Gasteiger partial charge in [-0.2, -0.15) is 4.98 Å². The number of pyridine rings is 1. The van der Waals surface area contributed by atoms with Crippen LogP contribution in [0.25, 0.3) is 11.2 Å². The molecule has 0 unspecified atom stereocenters. The summed E-state index contributed by atoms with van der Waals surface area (Å²) in [5, 5.41) is 0. The number of hydrogen-bond donors (Lipinski definition) is 2. The van der Waals surface area contributed by atoms with Crippen molar-refractivity contribution in [2.75, 3.05) is 13.7 Å². The summed E-state index contributed by atoms with van der Waals surface area (Å²) in [6.07, 6.45) is 2.98. The minimum absolute atomic E-state index is 0.590. The number of fused-ring (bicyclic) bond motifs is 1. The van der Waals surface area contributed by atoms with Gasteiger partial charge in [-0.25, -0.2) is 4.98 Å². The maximum Gasteiger partial charge on any atom is 0.215 e. The van der Waals surface area contributed by atoms with Crippen LogP contribution in [0.15, 0.2) is 12.1 Å². The number of hydrogen-bond acceptors (Lipinski definition) is 4. The van der Waals surface area contributed by atoms with E-state index in [4.69, 9.17) is 10.5 Å². The summed E-state index contributed by atoms with van der Waals surface area (Å²) in [5.74, 6) is 1.55. The van der Waals surface area contributed by atoms with E-state index in [2.05, 4.69) is 15.0 Å². The molecule has 0 aliphatic heterocycles. The molecular formula is C11H16N4O. The highest BCUT2D eigenvalue weighted by Gasteiger charge is 2.04. The number of unbranched alkanes of at least 4 members (excludes halogenated alkanes) is 1. The molecule has 3 N–H and O–H groups in total. The van der Waals surface area contributed by atoms with Gasteiger partial charge in [0, 0.05) is 12.5 Å². The lowest BCUT2D eigenvalue weighted by atomic mass is 10.2. The minimum atomic E-state index is 0.590. The number of rotatable bonds is 5. The zero-order valence-corrected chi connectivity index (χ0v) is 9.36. The van der Waals surface area contributed by atoms with E-state index in [1.54, 1.807) is 7.11 Å². The molecule has 0 radical (unpaired) electrons. The molecule has 0 aromatic carbocycles. The van der Waals surface area contributed by atoms with Crippen molar-refractivity contribution in [1.82, 2.24) is 15.0 Å². The van der Waals surface area contributed by atoms with Gasteiger partial charge in [0.05, 0.1) is 12.6 Å². The van der Waals surface area contributed by atoms with Crippen LogP contribution in [-0.4, -0.2) is 28.6 Å². The Morgan fingerprint density at radius 3 is 2.94 bits per heavy atom. The zero-order chi connectivity index (χ0) is 11.4. The van der Waals surface area contributed by atoms with Gasteiger partial charge in [-0.3, -0.25) is 0 Å². The van der Waals surface area contributed by atoms with Crippen LogP contribution in [0, 0.1) is 0 Å². The summed E-state index contributed by atoms with van der Waals surface area (Å²) in [5.41, 5.74) is 7.10. The molecule has 5 heteroatoms. The first kappa shape index (κ1) is 10.9. The highest BCUT2D eigenvalue weighted by Crippen LogP contribution is 2.14. The number of ether oxygens (including phenoxy) is 1. The smallest absolute Gasteiger partial charge is 0.215 e. The van der Waals surface area contributed by atoms with Gasteiger partial charge in [-0.15, -0.1) is 0 Å². The maximum absolute atomic E-state index is 5.45. The van der Waals surface area contributed by atoms with Crippen molar-refractivity contribution in [2.24, 2.45) is 5.73 Å². The van der Waals surface area contributed by atoms with Gasteiger partial charge < -0.3 is 15.5 Å². The molecule has 0 bridgehead atoms. The molecule has 0 spiro atoms. The van der Waals surface area contributed by atoms with Crippen LogP contribution in [0.3, 0.4) is 0 Å². The predicted molar refractivity (Wildman–Crippen MR) is 62.4 cm³/mol. The average Bonchev–Trinajstić information content (AvgIpc) is 2.70. The van der Waals surface area contributed by atoms with Gasteiger partial charge in [0.2, 0.25) is 5.88 Å². The van der Waals surface area contributed by atoms with Crippen molar-refractivity contribution >= 4 is 11.2 Å². The lowest BCUT2D eigenvalue weighted by Crippen LogP contribution is -1.99. The number of aromatic nitrogens is 3. The van der Waals surface area contributed by atoms with E-state index >= 15 is 0 Å². The largest absolute Gasteiger partial charge is 0.481 e. The summed E-state index contributed by atoms with van der Waals surface area (Å²) in [7, 11) is 1.60. The minimum Gasteiger partial charge on any atom is -0.481 e. The lowest BCUT2D eigenvalue weighted by molar-refractivity contribution is 0.399. The third-order valence-electron chi connectivity index (χ3n) is 2.45. The standard InChI is InChI=1S/C11H16N4O/c1-16-10-6-5-8-11(15-10)14-9(13-8)4-2-3-7-12/h5-6H,2-4,7,12H2,1H3,(H,13,14,15). The molecule has 0 saturated carbocycles. The number of H-pyrrole nitrogens is 1. The Morgan fingerprint density at radius 2 is 2.19 bits per heavy atom. The first-order chi connectivity index (χ1) is 7.83. The third-order valence-corrected chi connectivity index (χ3v) is 2.45. The Hall–Kier alpha value is -1.62. The predicted octanol–water partition coefficient (Wildman–Crippen LogP) is 1.25. The van der Waals surface area contributed by atoms with E-state index < -0.39 is 0 Å². The number of aryl methyl sites for hydroxylation is 1.